The van der Waals surface area contributed by atoms with Crippen LogP contribution < -0.4 is 0 Å². The van der Waals surface area contributed by atoms with Gasteiger partial charge in [-0.2, -0.15) is 5.26 Å². The van der Waals surface area contributed by atoms with Gasteiger partial charge in [-0.3, -0.25) is 0 Å². The molecule has 12 aromatic rings. The van der Waals surface area contributed by atoms with Crippen LogP contribution in [-0.4, -0.2) is 39.9 Å². The lowest BCUT2D eigenvalue weighted by atomic mass is 9.78. The van der Waals surface area contributed by atoms with Crippen LogP contribution >= 0.6 is 0 Å². The molecule has 4 aliphatic rings. The molecule has 0 amide bonds. The number of nitrogens with zero attached hydrogens (tertiary/aromatic N) is 6. The third-order valence-electron chi connectivity index (χ3n) is 24.2. The Kier molecular flexibility index (Phi) is 19.8. The Morgan fingerprint density at radius 1 is 0.233 bits per heavy atom. The SMILES string of the molecule is [C-]#[N+]c1ccc(-c2c3nc(c(-c4cc(C(C)(C)C)cc(C(C)(C)C)c4)c4ccc([nH]4)c(-c4c5nc(c(-c6cc(C(C)(C)C)cc(C(C)(C)C)c6)c6ccc([nH]6)c(-c6ccc(C#N)cc6)c6nc(c(-c7cc(C(C)(C)C)cc(C(C)(C)C)c7)c7ccc4[nH]7)C=C6)C=C5)c4nc(c(-c5cc(C(C)(C)C)cc(C(C)(C)C)c5)c5ccc2[nH]5)C=C4)C=C3)cc1. The molecule has 4 N–H and O–H groups in total. The quantitative estimate of drug-likeness (QED) is 0.118. The van der Waals surface area contributed by atoms with Crippen molar-refractivity contribution in [2.24, 2.45) is 0 Å². The number of hydrogen-bond acceptors (Lipinski definition) is 5. The molecule has 0 atom stereocenters. The largest absolute Gasteiger partial charge is 0.354 e. The van der Waals surface area contributed by atoms with Crippen molar-refractivity contribution in [2.45, 2.75) is 209 Å². The summed E-state index contributed by atoms with van der Waals surface area (Å²) in [6, 6.07) is 64.4. The van der Waals surface area contributed by atoms with Gasteiger partial charge in [-0.1, -0.05) is 275 Å². The van der Waals surface area contributed by atoms with E-state index in [0.29, 0.717) is 11.3 Å². The summed E-state index contributed by atoms with van der Waals surface area (Å²) in [5.74, 6) is 0. The summed E-state index contributed by atoms with van der Waals surface area (Å²) in [4.78, 5) is 44.5. The number of rotatable bonds is 7. The van der Waals surface area contributed by atoms with Gasteiger partial charge in [0.1, 0.15) is 0 Å². The average Bonchev–Trinajstić information content (AvgIpc) is 1.59. The first-order valence-corrected chi connectivity index (χ1v) is 42.3. The van der Waals surface area contributed by atoms with Crippen molar-refractivity contribution in [3.8, 4) is 84.0 Å². The first-order chi connectivity index (χ1) is 56.3. The standard InChI is InChI=1S/C110H112N10/c1-103(2,3)70-50-66(51-71(58-70)104(4,5)6)97-83-38-34-79(113-83)95(64-28-26-63(62-111)27-29-64)80-35-39-84(114-80)98(67-52-72(105(7,8)9)59-73(53-67)106(10,11)12)88-43-47-92(118-88)101(91-46-42-87(97)117-91)102-93-48-44-89(119-93)99(68-54-74(107(13,14)15)60-75(55-68)108(16,17)18)85-40-36-81(115-85)96(65-30-32-78(112-25)33-31-65)82-37-41-86(116-82)100(90-45-49-94(102)120-90)69-56-76(109(19,20)21)61-77(57-69)110(22,23)24/h26-61,113,115,118,120H,1-24H3. The first-order valence-electron chi connectivity index (χ1n) is 42.3. The topological polar surface area (TPSA) is 143 Å². The highest BCUT2D eigenvalue weighted by molar-refractivity contribution is 6.06. The van der Waals surface area contributed by atoms with Gasteiger partial charge in [-0.15, -0.1) is 0 Å². The Morgan fingerprint density at radius 3 is 0.592 bits per heavy atom. The van der Waals surface area contributed by atoms with Crippen molar-refractivity contribution in [1.29, 1.82) is 5.26 Å². The van der Waals surface area contributed by atoms with Crippen molar-refractivity contribution in [1.82, 2.24) is 39.9 Å². The number of fused-ring (bicyclic) bond motifs is 16. The summed E-state index contributed by atoms with van der Waals surface area (Å²) < 4.78 is 0. The molecule has 0 aliphatic carbocycles. The molecular formula is C110H112N10. The number of benzene rings is 6. The van der Waals surface area contributed by atoms with E-state index in [-0.39, 0.29) is 43.3 Å². The second-order valence-corrected chi connectivity index (χ2v) is 41.5. The second-order valence-electron chi connectivity index (χ2n) is 41.5. The van der Waals surface area contributed by atoms with E-state index in [1.165, 1.54) is 44.5 Å². The smallest absolute Gasteiger partial charge is 0.187 e. The van der Waals surface area contributed by atoms with E-state index in [9.17, 15) is 5.26 Å². The van der Waals surface area contributed by atoms with Crippen LogP contribution in [0.3, 0.4) is 0 Å². The van der Waals surface area contributed by atoms with Gasteiger partial charge in [-0.25, -0.2) is 24.8 Å². The summed E-state index contributed by atoms with van der Waals surface area (Å²) >= 11 is 0. The van der Waals surface area contributed by atoms with Gasteiger partial charge >= 0.3 is 0 Å². The van der Waals surface area contributed by atoms with Gasteiger partial charge in [0.15, 0.2) is 5.69 Å². The van der Waals surface area contributed by atoms with Crippen LogP contribution in [0.4, 0.5) is 5.69 Å². The summed E-state index contributed by atoms with van der Waals surface area (Å²) in [6.07, 6.45) is 17.5. The third-order valence-corrected chi connectivity index (χ3v) is 24.2. The molecule has 10 heteroatoms. The molecule has 0 saturated heterocycles. The van der Waals surface area contributed by atoms with Crippen molar-refractivity contribution in [3.05, 3.63) is 277 Å². The van der Waals surface area contributed by atoms with Crippen LogP contribution in [0, 0.1) is 17.9 Å². The van der Waals surface area contributed by atoms with E-state index in [1.54, 1.807) is 0 Å². The van der Waals surface area contributed by atoms with Crippen molar-refractivity contribution >= 4 is 98.4 Å². The minimum atomic E-state index is -0.217. The normalized spacial score (nSPS) is 13.3. The molecule has 4 aliphatic heterocycles. The highest BCUT2D eigenvalue weighted by Crippen LogP contribution is 2.48. The Labute approximate surface area is 709 Å². The summed E-state index contributed by atoms with van der Waals surface area (Å²) in [6.45, 7) is 63.2. The minimum absolute atomic E-state index is 0.216. The Bertz CT molecular complexity index is 6140. The summed E-state index contributed by atoms with van der Waals surface area (Å²) in [5.41, 5.74) is 35.3. The zero-order chi connectivity index (χ0) is 85.6. The Hall–Kier alpha value is -12.5. The maximum atomic E-state index is 10.2. The van der Waals surface area contributed by atoms with Crippen LogP contribution in [0.15, 0.2) is 170 Å². The highest BCUT2D eigenvalue weighted by Gasteiger charge is 2.32. The molecule has 16 bridgehead atoms. The molecule has 120 heavy (non-hydrogen) atoms. The molecular weight excluding hydrogens is 1460 g/mol. The molecule has 6 aromatic carbocycles. The van der Waals surface area contributed by atoms with Gasteiger partial charge in [0, 0.05) is 88.6 Å². The maximum absolute atomic E-state index is 10.2. The first kappa shape index (κ1) is 81.3. The van der Waals surface area contributed by atoms with Crippen LogP contribution in [0.5, 0.6) is 0 Å². The van der Waals surface area contributed by atoms with Gasteiger partial charge < -0.3 is 19.9 Å². The average molecular weight is 1570 g/mol. The molecule has 6 aromatic heterocycles. The van der Waals surface area contributed by atoms with E-state index in [2.05, 4.69) is 379 Å². The predicted octanol–water partition coefficient (Wildman–Crippen LogP) is 30.1. The van der Waals surface area contributed by atoms with Gasteiger partial charge in [0.25, 0.3) is 0 Å². The highest BCUT2D eigenvalue weighted by atomic mass is 14.8. The number of H-pyrrole nitrogens is 4. The van der Waals surface area contributed by atoms with E-state index in [4.69, 9.17) is 26.5 Å². The summed E-state index contributed by atoms with van der Waals surface area (Å²) in [5, 5.41) is 10.2. The number of nitrogens with one attached hydrogen (secondary N) is 4. The molecule has 0 radical (unpaired) electrons. The van der Waals surface area contributed by atoms with Gasteiger partial charge in [0.05, 0.1) is 63.8 Å². The molecule has 10 heterocycles. The van der Waals surface area contributed by atoms with Crippen molar-refractivity contribution in [2.75, 3.05) is 0 Å². The Balaban J connectivity index is 1.15. The zero-order valence-electron chi connectivity index (χ0n) is 74.5. The fourth-order valence-corrected chi connectivity index (χ4v) is 16.7. The van der Waals surface area contributed by atoms with Crippen molar-refractivity contribution in [3.63, 3.8) is 0 Å². The number of aromatic amines is 4. The van der Waals surface area contributed by atoms with E-state index >= 15 is 0 Å². The van der Waals surface area contributed by atoms with Crippen LogP contribution in [0.1, 0.15) is 262 Å². The van der Waals surface area contributed by atoms with Gasteiger partial charge in [0.2, 0.25) is 0 Å². The Morgan fingerprint density at radius 2 is 0.408 bits per heavy atom. The molecule has 10 nitrogen and oxygen atoms in total. The van der Waals surface area contributed by atoms with E-state index in [0.717, 1.165) is 168 Å². The van der Waals surface area contributed by atoms with E-state index in [1.807, 2.05) is 36.4 Å². The molecule has 16 rings (SSSR count). The van der Waals surface area contributed by atoms with Crippen molar-refractivity contribution < 1.29 is 0 Å². The minimum Gasteiger partial charge on any atom is -0.354 e. The zero-order valence-corrected chi connectivity index (χ0v) is 74.5. The molecule has 602 valence electrons. The lowest BCUT2D eigenvalue weighted by molar-refractivity contribution is 0.568. The third kappa shape index (κ3) is 15.6. The molecule has 0 saturated carbocycles. The fourth-order valence-electron chi connectivity index (χ4n) is 16.7. The molecule has 0 fully saturated rings. The number of nitriles is 1. The van der Waals surface area contributed by atoms with Crippen LogP contribution in [-0.2, 0) is 43.3 Å². The number of hydrogen-bond donors (Lipinski definition) is 4. The maximum Gasteiger partial charge on any atom is 0.187 e. The van der Waals surface area contributed by atoms with Crippen LogP contribution in [0.2, 0.25) is 0 Å². The lowest BCUT2D eigenvalue weighted by Gasteiger charge is -2.26. The van der Waals surface area contributed by atoms with Crippen LogP contribution in [0.25, 0.3) is 175 Å². The summed E-state index contributed by atoms with van der Waals surface area (Å²) in [7, 11) is 0. The lowest BCUT2D eigenvalue weighted by Crippen LogP contribution is -2.16. The number of aromatic nitrogens is 8. The molecule has 0 unspecified atom stereocenters. The van der Waals surface area contributed by atoms with E-state index < -0.39 is 0 Å². The second kappa shape index (κ2) is 29.2. The predicted molar refractivity (Wildman–Crippen MR) is 510 cm³/mol. The molecule has 0 spiro atoms. The monoisotopic (exact) mass is 1570 g/mol. The fraction of sp³-hybridized carbons (Fsp3) is 0.291. The van der Waals surface area contributed by atoms with Gasteiger partial charge in [-0.05, 0) is 230 Å².